The summed E-state index contributed by atoms with van der Waals surface area (Å²) >= 11 is 6.05. The van der Waals surface area contributed by atoms with Crippen LogP contribution in [0.2, 0.25) is 5.02 Å². The molecule has 0 spiro atoms. The van der Waals surface area contributed by atoms with Crippen molar-refractivity contribution >= 4 is 34.2 Å². The predicted molar refractivity (Wildman–Crippen MR) is 91.4 cm³/mol. The zero-order valence-corrected chi connectivity index (χ0v) is 13.6. The quantitative estimate of drug-likeness (QED) is 0.722. The Morgan fingerprint density at radius 3 is 2.61 bits per heavy atom. The maximum Gasteiger partial charge on any atom is 0.295 e. The first-order chi connectivity index (χ1) is 11.0. The van der Waals surface area contributed by atoms with Gasteiger partial charge in [-0.25, -0.2) is 0 Å². The molecule has 0 saturated carbocycles. The molecule has 1 N–H and O–H groups in total. The van der Waals surface area contributed by atoms with Crippen LogP contribution in [0.15, 0.2) is 52.9 Å². The molecule has 118 valence electrons. The SMILES string of the molecule is CC(C)Oc1c(C(=O)Nc2ccccc2)oc2ccc(Cl)cc12. The van der Waals surface area contributed by atoms with Crippen molar-refractivity contribution < 1.29 is 13.9 Å². The Morgan fingerprint density at radius 2 is 1.91 bits per heavy atom. The second kappa shape index (κ2) is 6.34. The van der Waals surface area contributed by atoms with E-state index in [2.05, 4.69) is 5.32 Å². The molecule has 0 bridgehead atoms. The van der Waals surface area contributed by atoms with Gasteiger partial charge in [-0.05, 0) is 44.2 Å². The molecule has 0 aliphatic rings. The van der Waals surface area contributed by atoms with Crippen LogP contribution in [0, 0.1) is 0 Å². The average molecular weight is 330 g/mol. The van der Waals surface area contributed by atoms with E-state index in [-0.39, 0.29) is 17.8 Å². The van der Waals surface area contributed by atoms with Crippen molar-refractivity contribution in [1.29, 1.82) is 0 Å². The van der Waals surface area contributed by atoms with Gasteiger partial charge in [0.15, 0.2) is 5.75 Å². The minimum atomic E-state index is -0.362. The molecule has 4 nitrogen and oxygen atoms in total. The summed E-state index contributed by atoms with van der Waals surface area (Å²) in [6, 6.07) is 14.4. The number of fused-ring (bicyclic) bond motifs is 1. The van der Waals surface area contributed by atoms with Crippen LogP contribution in [0.3, 0.4) is 0 Å². The average Bonchev–Trinajstić information content (AvgIpc) is 2.86. The number of anilines is 1. The van der Waals surface area contributed by atoms with Gasteiger partial charge in [0.1, 0.15) is 5.58 Å². The molecule has 1 aromatic heterocycles. The summed E-state index contributed by atoms with van der Waals surface area (Å²) in [4.78, 5) is 12.6. The summed E-state index contributed by atoms with van der Waals surface area (Å²) in [5, 5.41) is 4.04. The highest BCUT2D eigenvalue weighted by Crippen LogP contribution is 2.36. The van der Waals surface area contributed by atoms with Gasteiger partial charge in [-0.15, -0.1) is 0 Å². The van der Waals surface area contributed by atoms with Gasteiger partial charge in [-0.3, -0.25) is 4.79 Å². The number of carbonyl (C=O) groups is 1. The lowest BCUT2D eigenvalue weighted by atomic mass is 10.2. The number of furan rings is 1. The van der Waals surface area contributed by atoms with Crippen LogP contribution in [-0.2, 0) is 0 Å². The number of hydrogen-bond donors (Lipinski definition) is 1. The van der Waals surface area contributed by atoms with E-state index in [4.69, 9.17) is 20.8 Å². The maximum atomic E-state index is 12.6. The zero-order valence-electron chi connectivity index (χ0n) is 12.8. The first-order valence-corrected chi connectivity index (χ1v) is 7.67. The molecule has 0 unspecified atom stereocenters. The first kappa shape index (κ1) is 15.4. The van der Waals surface area contributed by atoms with Crippen LogP contribution in [0.5, 0.6) is 5.75 Å². The van der Waals surface area contributed by atoms with Crippen LogP contribution in [-0.4, -0.2) is 12.0 Å². The molecule has 3 rings (SSSR count). The monoisotopic (exact) mass is 329 g/mol. The largest absolute Gasteiger partial charge is 0.486 e. The smallest absolute Gasteiger partial charge is 0.295 e. The molecule has 0 saturated heterocycles. The van der Waals surface area contributed by atoms with Crippen molar-refractivity contribution in [2.24, 2.45) is 0 Å². The zero-order chi connectivity index (χ0) is 16.4. The minimum Gasteiger partial charge on any atom is -0.486 e. The van der Waals surface area contributed by atoms with E-state index in [9.17, 15) is 4.79 Å². The van der Waals surface area contributed by atoms with Gasteiger partial charge < -0.3 is 14.5 Å². The van der Waals surface area contributed by atoms with Crippen molar-refractivity contribution in [2.75, 3.05) is 5.32 Å². The number of halogens is 1. The molecule has 0 aliphatic carbocycles. The number of ether oxygens (including phenoxy) is 1. The van der Waals surface area contributed by atoms with Crippen molar-refractivity contribution in [3.05, 3.63) is 59.3 Å². The van der Waals surface area contributed by atoms with Crippen molar-refractivity contribution in [1.82, 2.24) is 0 Å². The third kappa shape index (κ3) is 3.32. The predicted octanol–water partition coefficient (Wildman–Crippen LogP) is 5.13. The molecule has 23 heavy (non-hydrogen) atoms. The fourth-order valence-electron chi connectivity index (χ4n) is 2.26. The van der Waals surface area contributed by atoms with Crippen LogP contribution >= 0.6 is 11.6 Å². The van der Waals surface area contributed by atoms with Crippen molar-refractivity contribution in [3.8, 4) is 5.75 Å². The van der Waals surface area contributed by atoms with Crippen LogP contribution < -0.4 is 10.1 Å². The lowest BCUT2D eigenvalue weighted by molar-refractivity contribution is 0.0991. The number of rotatable bonds is 4. The van der Waals surface area contributed by atoms with Gasteiger partial charge >= 0.3 is 0 Å². The van der Waals surface area contributed by atoms with Gasteiger partial charge in [0.2, 0.25) is 5.76 Å². The molecule has 0 atom stereocenters. The van der Waals surface area contributed by atoms with E-state index in [1.54, 1.807) is 30.3 Å². The molecule has 0 aliphatic heterocycles. The topological polar surface area (TPSA) is 51.5 Å². The highest BCUT2D eigenvalue weighted by molar-refractivity contribution is 6.31. The number of benzene rings is 2. The molecule has 1 amide bonds. The second-order valence-electron chi connectivity index (χ2n) is 5.39. The third-order valence-electron chi connectivity index (χ3n) is 3.20. The summed E-state index contributed by atoms with van der Waals surface area (Å²) in [6.45, 7) is 3.78. The van der Waals surface area contributed by atoms with E-state index in [1.165, 1.54) is 0 Å². The summed E-state index contributed by atoms with van der Waals surface area (Å²) in [7, 11) is 0. The molecule has 2 aromatic carbocycles. The highest BCUT2D eigenvalue weighted by Gasteiger charge is 2.23. The lowest BCUT2D eigenvalue weighted by Crippen LogP contribution is -2.14. The van der Waals surface area contributed by atoms with E-state index < -0.39 is 0 Å². The summed E-state index contributed by atoms with van der Waals surface area (Å²) < 4.78 is 11.5. The van der Waals surface area contributed by atoms with E-state index in [0.29, 0.717) is 27.4 Å². The number of nitrogens with one attached hydrogen (secondary N) is 1. The number of carbonyl (C=O) groups excluding carboxylic acids is 1. The number of amides is 1. The van der Waals surface area contributed by atoms with Gasteiger partial charge in [0.25, 0.3) is 5.91 Å². The maximum absolute atomic E-state index is 12.6. The summed E-state index contributed by atoms with van der Waals surface area (Å²) in [5.74, 6) is 0.185. The normalized spacial score (nSPS) is 11.0. The Hall–Kier alpha value is -2.46. The molecule has 0 fully saturated rings. The number of hydrogen-bond acceptors (Lipinski definition) is 3. The highest BCUT2D eigenvalue weighted by atomic mass is 35.5. The van der Waals surface area contributed by atoms with Gasteiger partial charge in [-0.2, -0.15) is 0 Å². The molecule has 5 heteroatoms. The Kier molecular flexibility index (Phi) is 4.26. The Bertz CT molecular complexity index is 840. The molecule has 3 aromatic rings. The Labute approximate surface area is 139 Å². The van der Waals surface area contributed by atoms with Gasteiger partial charge in [-0.1, -0.05) is 29.8 Å². The standard InChI is InChI=1S/C18H16ClNO3/c1-11(2)22-16-14-10-12(19)8-9-15(14)23-17(16)18(21)20-13-6-4-3-5-7-13/h3-11H,1-2H3,(H,20,21). The molecule has 0 radical (unpaired) electrons. The van der Waals surface area contributed by atoms with E-state index >= 15 is 0 Å². The van der Waals surface area contributed by atoms with Gasteiger partial charge in [0.05, 0.1) is 11.5 Å². The van der Waals surface area contributed by atoms with Crippen molar-refractivity contribution in [2.45, 2.75) is 20.0 Å². The third-order valence-corrected chi connectivity index (χ3v) is 3.43. The first-order valence-electron chi connectivity index (χ1n) is 7.29. The molecular formula is C18H16ClNO3. The molecular weight excluding hydrogens is 314 g/mol. The minimum absolute atomic E-state index is 0.0990. The summed E-state index contributed by atoms with van der Waals surface area (Å²) in [5.41, 5.74) is 1.25. The van der Waals surface area contributed by atoms with Crippen molar-refractivity contribution in [3.63, 3.8) is 0 Å². The fraction of sp³-hybridized carbons (Fsp3) is 0.167. The van der Waals surface area contributed by atoms with E-state index in [0.717, 1.165) is 0 Å². The molecule has 1 heterocycles. The lowest BCUT2D eigenvalue weighted by Gasteiger charge is -2.10. The fourth-order valence-corrected chi connectivity index (χ4v) is 2.43. The Morgan fingerprint density at radius 1 is 1.17 bits per heavy atom. The van der Waals surface area contributed by atoms with E-state index in [1.807, 2.05) is 32.0 Å². The van der Waals surface area contributed by atoms with Crippen LogP contribution in [0.1, 0.15) is 24.4 Å². The van der Waals surface area contributed by atoms with Crippen LogP contribution in [0.4, 0.5) is 5.69 Å². The number of para-hydroxylation sites is 1. The Balaban J connectivity index is 2.03. The van der Waals surface area contributed by atoms with Crippen LogP contribution in [0.25, 0.3) is 11.0 Å². The summed E-state index contributed by atoms with van der Waals surface area (Å²) in [6.07, 6.45) is -0.0990. The second-order valence-corrected chi connectivity index (χ2v) is 5.82. The van der Waals surface area contributed by atoms with Gasteiger partial charge in [0, 0.05) is 10.7 Å².